The number of carbonyl (C=O) groups excluding carboxylic acids is 2. The number of fused-ring (bicyclic) bond motifs is 1. The third-order valence-corrected chi connectivity index (χ3v) is 8.26. The van der Waals surface area contributed by atoms with Gasteiger partial charge in [-0.3, -0.25) is 14.5 Å². The third kappa shape index (κ3) is 6.40. The van der Waals surface area contributed by atoms with Gasteiger partial charge < -0.3 is 19.1 Å². The van der Waals surface area contributed by atoms with E-state index < -0.39 is 6.36 Å². The smallest absolute Gasteiger partial charge is 0.406 e. The van der Waals surface area contributed by atoms with Crippen LogP contribution in [0.3, 0.4) is 0 Å². The molecule has 2 saturated heterocycles. The number of rotatable bonds is 8. The van der Waals surface area contributed by atoms with E-state index in [4.69, 9.17) is 0 Å². The molecule has 1 aliphatic carbocycles. The van der Waals surface area contributed by atoms with Crippen LogP contribution in [0.1, 0.15) is 16.1 Å². The highest BCUT2D eigenvalue weighted by molar-refractivity contribution is 7.99. The topological polar surface area (TPSA) is 70.9 Å². The summed E-state index contributed by atoms with van der Waals surface area (Å²) in [4.78, 5) is 36.0. The maximum absolute atomic E-state index is 13.3. The maximum atomic E-state index is 13.3. The normalized spacial score (nSPS) is 23.6. The molecule has 2 aliphatic heterocycles. The number of ether oxygens (including phenoxy) is 1. The summed E-state index contributed by atoms with van der Waals surface area (Å²) in [6, 6.07) is 5.72. The Morgan fingerprint density at radius 2 is 1.92 bits per heavy atom. The Labute approximate surface area is 217 Å². The van der Waals surface area contributed by atoms with Gasteiger partial charge in [0.05, 0.1) is 12.9 Å². The van der Waals surface area contributed by atoms with Gasteiger partial charge in [-0.15, -0.1) is 13.2 Å². The molecule has 2 unspecified atom stereocenters. The number of carbonyl (C=O) groups is 2. The lowest BCUT2D eigenvalue weighted by molar-refractivity contribution is -0.274. The quantitative estimate of drug-likeness (QED) is 0.516. The van der Waals surface area contributed by atoms with Crippen molar-refractivity contribution in [3.05, 3.63) is 48.0 Å². The molecule has 12 heteroatoms. The zero-order chi connectivity index (χ0) is 26.2. The SMILES string of the molecule is Cn1cnc(C(=O)N(Cc2cccc(OC(F)(F)F)c2)CC2C3CN(CC(=O)N4CCSCC4)CC32)c1. The number of alkyl halides is 3. The molecule has 3 heterocycles. The van der Waals surface area contributed by atoms with Gasteiger partial charge in [0, 0.05) is 64.0 Å². The van der Waals surface area contributed by atoms with Crippen LogP contribution in [-0.2, 0) is 18.4 Å². The van der Waals surface area contributed by atoms with E-state index in [9.17, 15) is 22.8 Å². The minimum atomic E-state index is -4.78. The van der Waals surface area contributed by atoms with Gasteiger partial charge in [-0.25, -0.2) is 4.98 Å². The Morgan fingerprint density at radius 3 is 2.57 bits per heavy atom. The Morgan fingerprint density at radius 1 is 1.19 bits per heavy atom. The molecule has 3 aliphatic rings. The molecule has 1 aromatic carbocycles. The van der Waals surface area contributed by atoms with E-state index in [1.807, 2.05) is 16.7 Å². The average molecular weight is 538 g/mol. The van der Waals surface area contributed by atoms with Crippen LogP contribution in [0.4, 0.5) is 13.2 Å². The third-order valence-electron chi connectivity index (χ3n) is 7.32. The van der Waals surface area contributed by atoms with Crippen molar-refractivity contribution in [2.45, 2.75) is 12.9 Å². The summed E-state index contributed by atoms with van der Waals surface area (Å²) in [6.07, 6.45) is -1.60. The summed E-state index contributed by atoms with van der Waals surface area (Å²) in [6.45, 7) is 4.34. The molecule has 8 nitrogen and oxygen atoms in total. The molecule has 0 spiro atoms. The Kier molecular flexibility index (Phi) is 7.39. The van der Waals surface area contributed by atoms with E-state index in [2.05, 4.69) is 14.6 Å². The molecular weight excluding hydrogens is 507 g/mol. The van der Waals surface area contributed by atoms with Crippen molar-refractivity contribution in [1.82, 2.24) is 24.3 Å². The van der Waals surface area contributed by atoms with Crippen LogP contribution in [0.25, 0.3) is 0 Å². The summed E-state index contributed by atoms with van der Waals surface area (Å²) < 4.78 is 43.8. The van der Waals surface area contributed by atoms with Gasteiger partial charge in [-0.05, 0) is 35.4 Å². The lowest BCUT2D eigenvalue weighted by atomic mass is 10.1. The molecule has 1 saturated carbocycles. The lowest BCUT2D eigenvalue weighted by Gasteiger charge is -2.29. The van der Waals surface area contributed by atoms with E-state index in [0.29, 0.717) is 42.1 Å². The van der Waals surface area contributed by atoms with Gasteiger partial charge in [0.25, 0.3) is 5.91 Å². The molecule has 3 fully saturated rings. The fourth-order valence-electron chi connectivity index (χ4n) is 5.46. The van der Waals surface area contributed by atoms with Gasteiger partial charge in [-0.1, -0.05) is 12.1 Å². The van der Waals surface area contributed by atoms with E-state index >= 15 is 0 Å². The second-order valence-corrected chi connectivity index (χ2v) is 11.2. The number of aromatic nitrogens is 2. The lowest BCUT2D eigenvalue weighted by Crippen LogP contribution is -2.44. The van der Waals surface area contributed by atoms with Crippen LogP contribution in [0.5, 0.6) is 5.75 Å². The van der Waals surface area contributed by atoms with E-state index in [1.54, 1.807) is 35.1 Å². The first-order valence-electron chi connectivity index (χ1n) is 12.4. The van der Waals surface area contributed by atoms with Gasteiger partial charge >= 0.3 is 6.36 Å². The van der Waals surface area contributed by atoms with Gasteiger partial charge in [0.2, 0.25) is 5.91 Å². The number of imidazole rings is 1. The first-order valence-corrected chi connectivity index (χ1v) is 13.5. The first-order chi connectivity index (χ1) is 17.7. The maximum Gasteiger partial charge on any atom is 0.573 e. The fraction of sp³-hybridized carbons (Fsp3) is 0.560. The monoisotopic (exact) mass is 537 g/mol. The first kappa shape index (κ1) is 25.9. The molecule has 200 valence electrons. The highest BCUT2D eigenvalue weighted by atomic mass is 32.2. The van der Waals surface area contributed by atoms with Crippen molar-refractivity contribution in [3.63, 3.8) is 0 Å². The summed E-state index contributed by atoms with van der Waals surface area (Å²) in [5.74, 6) is 2.70. The number of hydrogen-bond donors (Lipinski definition) is 0. The van der Waals surface area contributed by atoms with Crippen LogP contribution < -0.4 is 4.74 Å². The number of thioether (sulfide) groups is 1. The molecule has 37 heavy (non-hydrogen) atoms. The Balaban J connectivity index is 1.22. The number of aryl methyl sites for hydroxylation is 1. The van der Waals surface area contributed by atoms with E-state index in [-0.39, 0.29) is 24.1 Å². The molecular formula is C25H30F3N5O3S. The molecule has 5 rings (SSSR count). The van der Waals surface area contributed by atoms with E-state index in [0.717, 1.165) is 37.7 Å². The van der Waals surface area contributed by atoms with Gasteiger partial charge in [0.15, 0.2) is 0 Å². The predicted octanol–water partition coefficient (Wildman–Crippen LogP) is 2.71. The van der Waals surface area contributed by atoms with Crippen LogP contribution >= 0.6 is 11.8 Å². The second-order valence-electron chi connectivity index (χ2n) is 9.98. The van der Waals surface area contributed by atoms with Crippen LogP contribution in [0, 0.1) is 17.8 Å². The molecule has 2 atom stereocenters. The molecule has 2 amide bonds. The van der Waals surface area contributed by atoms with Crippen molar-refractivity contribution in [1.29, 1.82) is 0 Å². The van der Waals surface area contributed by atoms with Gasteiger partial charge in [-0.2, -0.15) is 11.8 Å². The van der Waals surface area contributed by atoms with Crippen molar-refractivity contribution >= 4 is 23.6 Å². The number of benzene rings is 1. The predicted molar refractivity (Wildman–Crippen MR) is 132 cm³/mol. The minimum Gasteiger partial charge on any atom is -0.406 e. The standard InChI is InChI=1S/C25H30F3N5O3S/c1-30-14-22(29-16-30)24(35)33(10-17-3-2-4-18(9-17)36-25(26,27)28)13-21-19-11-31(12-20(19)21)15-23(34)32-5-7-37-8-6-32/h2-4,9,14,16,19-21H,5-8,10-13,15H2,1H3. The molecule has 2 aromatic rings. The highest BCUT2D eigenvalue weighted by Gasteiger charge is 2.56. The second kappa shape index (κ2) is 10.6. The fourth-order valence-corrected chi connectivity index (χ4v) is 6.36. The van der Waals surface area contributed by atoms with Crippen LogP contribution in [-0.4, -0.2) is 93.2 Å². The number of likely N-dealkylation sites (tertiary alicyclic amines) is 1. The minimum absolute atomic E-state index is 0.148. The summed E-state index contributed by atoms with van der Waals surface area (Å²) in [5.41, 5.74) is 0.840. The summed E-state index contributed by atoms with van der Waals surface area (Å²) in [5, 5.41) is 0. The Bertz CT molecular complexity index is 1120. The van der Waals surface area contributed by atoms with E-state index in [1.165, 1.54) is 18.2 Å². The highest BCUT2D eigenvalue weighted by Crippen LogP contribution is 2.52. The van der Waals surface area contributed by atoms with Crippen molar-refractivity contribution < 1.29 is 27.5 Å². The zero-order valence-electron chi connectivity index (χ0n) is 20.6. The van der Waals surface area contributed by atoms with Gasteiger partial charge in [0.1, 0.15) is 11.4 Å². The van der Waals surface area contributed by atoms with Crippen LogP contribution in [0.2, 0.25) is 0 Å². The molecule has 0 bridgehead atoms. The number of halogens is 3. The summed E-state index contributed by atoms with van der Waals surface area (Å²) >= 11 is 1.88. The number of piperidine rings is 1. The Hall–Kier alpha value is -2.73. The largest absolute Gasteiger partial charge is 0.573 e. The average Bonchev–Trinajstić information content (AvgIpc) is 3.16. The number of hydrogen-bond acceptors (Lipinski definition) is 6. The molecule has 0 N–H and O–H groups in total. The summed E-state index contributed by atoms with van der Waals surface area (Å²) in [7, 11) is 1.77. The van der Waals surface area contributed by atoms with Crippen molar-refractivity contribution in [3.8, 4) is 5.75 Å². The van der Waals surface area contributed by atoms with Crippen molar-refractivity contribution in [2.75, 3.05) is 50.8 Å². The zero-order valence-corrected chi connectivity index (χ0v) is 21.4. The molecule has 1 aromatic heterocycles. The van der Waals surface area contributed by atoms with Crippen LogP contribution in [0.15, 0.2) is 36.8 Å². The molecule has 0 radical (unpaired) electrons. The number of nitrogens with zero attached hydrogens (tertiary/aromatic N) is 5. The van der Waals surface area contributed by atoms with Crippen molar-refractivity contribution in [2.24, 2.45) is 24.8 Å². The number of amides is 2.